The standard InChI is InChI=1S/C21H33F3O/c1-12(25)18-7-8-19-17-5-3-13-11-14(21(22,23)24)4-6-15(13)16(17)9-10-20(18,19)2/h12-19,25H,3-11H2,1-2H3/t12?,13-,14+,15+,16?,17-,18-,19?,20-/m1/s1. The van der Waals surface area contributed by atoms with Gasteiger partial charge in [0.2, 0.25) is 0 Å². The Balaban J connectivity index is 1.50. The fourth-order valence-electron chi connectivity index (χ4n) is 7.98. The Hall–Kier alpha value is -0.250. The molecular weight excluding hydrogens is 325 g/mol. The van der Waals surface area contributed by atoms with Crippen LogP contribution >= 0.6 is 0 Å². The number of hydrogen-bond acceptors (Lipinski definition) is 1. The van der Waals surface area contributed by atoms with E-state index in [0.717, 1.165) is 25.7 Å². The molecule has 25 heavy (non-hydrogen) atoms. The van der Waals surface area contributed by atoms with Crippen LogP contribution in [-0.4, -0.2) is 17.4 Å². The van der Waals surface area contributed by atoms with Gasteiger partial charge in [0.15, 0.2) is 0 Å². The van der Waals surface area contributed by atoms with Crippen molar-refractivity contribution < 1.29 is 18.3 Å². The molecular formula is C21H33F3O. The highest BCUT2D eigenvalue weighted by Gasteiger charge is 2.58. The SMILES string of the molecule is CC(O)[C@H]1CCC2[C@@H]3CC[C@@H]4C[C@@H](C(F)(F)F)CC[C@@H]4C3CC[C@@]21C. The van der Waals surface area contributed by atoms with Crippen LogP contribution in [0.4, 0.5) is 13.2 Å². The quantitative estimate of drug-likeness (QED) is 0.627. The zero-order valence-electron chi connectivity index (χ0n) is 15.6. The Morgan fingerprint density at radius 2 is 1.64 bits per heavy atom. The lowest BCUT2D eigenvalue weighted by Crippen LogP contribution is -2.50. The first-order valence-electron chi connectivity index (χ1n) is 10.5. The van der Waals surface area contributed by atoms with Gasteiger partial charge in [-0.1, -0.05) is 6.92 Å². The summed E-state index contributed by atoms with van der Waals surface area (Å²) in [5.41, 5.74) is 0.255. The molecule has 4 aliphatic carbocycles. The fraction of sp³-hybridized carbons (Fsp3) is 1.00. The summed E-state index contributed by atoms with van der Waals surface area (Å²) >= 11 is 0. The summed E-state index contributed by atoms with van der Waals surface area (Å²) < 4.78 is 39.5. The van der Waals surface area contributed by atoms with Crippen LogP contribution in [-0.2, 0) is 0 Å². The Kier molecular flexibility index (Phi) is 4.45. The van der Waals surface area contributed by atoms with Gasteiger partial charge in [0, 0.05) is 0 Å². The minimum absolute atomic E-state index is 0.231. The average molecular weight is 358 g/mol. The van der Waals surface area contributed by atoms with E-state index in [2.05, 4.69) is 6.92 Å². The van der Waals surface area contributed by atoms with Gasteiger partial charge in [-0.05, 0) is 106 Å². The molecule has 0 aliphatic heterocycles. The van der Waals surface area contributed by atoms with E-state index in [1.165, 1.54) is 19.3 Å². The first-order valence-corrected chi connectivity index (χ1v) is 10.5. The lowest BCUT2D eigenvalue weighted by molar-refractivity contribution is -0.196. The Morgan fingerprint density at radius 3 is 2.32 bits per heavy atom. The molecule has 0 bridgehead atoms. The van der Waals surface area contributed by atoms with Crippen molar-refractivity contribution in [3.8, 4) is 0 Å². The smallest absolute Gasteiger partial charge is 0.391 e. The van der Waals surface area contributed by atoms with Gasteiger partial charge in [0.1, 0.15) is 0 Å². The molecule has 0 aromatic rings. The van der Waals surface area contributed by atoms with E-state index in [-0.39, 0.29) is 11.5 Å². The van der Waals surface area contributed by atoms with Crippen molar-refractivity contribution in [3.63, 3.8) is 0 Å². The summed E-state index contributed by atoms with van der Waals surface area (Å²) in [6, 6.07) is 0. The lowest BCUT2D eigenvalue weighted by Gasteiger charge is -2.56. The summed E-state index contributed by atoms with van der Waals surface area (Å²) in [5.74, 6) is 2.24. The van der Waals surface area contributed by atoms with Gasteiger partial charge in [-0.3, -0.25) is 0 Å². The molecule has 9 atom stereocenters. The molecule has 0 heterocycles. The normalized spacial score (nSPS) is 51.4. The van der Waals surface area contributed by atoms with Gasteiger partial charge < -0.3 is 5.11 Å². The third-order valence-corrected chi connectivity index (χ3v) is 9.07. The zero-order valence-corrected chi connectivity index (χ0v) is 15.6. The second kappa shape index (κ2) is 6.14. The van der Waals surface area contributed by atoms with Gasteiger partial charge in [0.05, 0.1) is 12.0 Å². The Bertz CT molecular complexity index is 502. The summed E-state index contributed by atoms with van der Waals surface area (Å²) in [4.78, 5) is 0. The summed E-state index contributed by atoms with van der Waals surface area (Å²) in [5, 5.41) is 10.2. The Labute approximate surface area is 149 Å². The van der Waals surface area contributed by atoms with Gasteiger partial charge in [-0.15, -0.1) is 0 Å². The molecule has 0 radical (unpaired) electrons. The minimum Gasteiger partial charge on any atom is -0.393 e. The highest BCUT2D eigenvalue weighted by Crippen LogP contribution is 2.65. The van der Waals surface area contributed by atoms with E-state index in [1.54, 1.807) is 0 Å². The summed E-state index contributed by atoms with van der Waals surface area (Å²) in [7, 11) is 0. The van der Waals surface area contributed by atoms with Gasteiger partial charge in [-0.25, -0.2) is 0 Å². The molecule has 0 aromatic carbocycles. The zero-order chi connectivity index (χ0) is 18.0. The molecule has 0 aromatic heterocycles. The lowest BCUT2D eigenvalue weighted by atomic mass is 9.49. The monoisotopic (exact) mass is 358 g/mol. The van der Waals surface area contributed by atoms with Crippen LogP contribution in [0.5, 0.6) is 0 Å². The van der Waals surface area contributed by atoms with Crippen LogP contribution in [0.3, 0.4) is 0 Å². The maximum absolute atomic E-state index is 13.2. The van der Waals surface area contributed by atoms with Crippen molar-refractivity contribution in [2.45, 2.75) is 83.9 Å². The molecule has 0 spiro atoms. The fourth-order valence-corrected chi connectivity index (χ4v) is 7.98. The largest absolute Gasteiger partial charge is 0.393 e. The molecule has 4 fully saturated rings. The van der Waals surface area contributed by atoms with Crippen LogP contribution in [0.15, 0.2) is 0 Å². The summed E-state index contributed by atoms with van der Waals surface area (Å²) in [6.45, 7) is 4.34. The predicted octanol–water partition coefficient (Wildman–Crippen LogP) is 5.81. The number of halogens is 3. The number of aliphatic hydroxyl groups excluding tert-OH is 1. The third kappa shape index (κ3) is 2.85. The molecule has 0 amide bonds. The first kappa shape index (κ1) is 18.1. The van der Waals surface area contributed by atoms with E-state index in [1.807, 2.05) is 6.92 Å². The van der Waals surface area contributed by atoms with Crippen LogP contribution < -0.4 is 0 Å². The first-order chi connectivity index (χ1) is 11.7. The molecule has 1 nitrogen and oxygen atoms in total. The van der Waals surface area contributed by atoms with Crippen molar-refractivity contribution in [1.29, 1.82) is 0 Å². The number of hydrogen-bond donors (Lipinski definition) is 1. The van der Waals surface area contributed by atoms with Crippen molar-refractivity contribution >= 4 is 0 Å². The molecule has 4 aliphatic rings. The highest BCUT2D eigenvalue weighted by molar-refractivity contribution is 5.07. The maximum Gasteiger partial charge on any atom is 0.391 e. The van der Waals surface area contributed by atoms with Crippen LogP contribution in [0, 0.1) is 46.8 Å². The molecule has 3 unspecified atom stereocenters. The number of alkyl halides is 3. The predicted molar refractivity (Wildman–Crippen MR) is 91.8 cm³/mol. The van der Waals surface area contributed by atoms with E-state index in [0.29, 0.717) is 48.3 Å². The van der Waals surface area contributed by atoms with Crippen LogP contribution in [0.25, 0.3) is 0 Å². The van der Waals surface area contributed by atoms with E-state index < -0.39 is 12.1 Å². The molecule has 4 heteroatoms. The number of fused-ring (bicyclic) bond motifs is 5. The molecule has 4 rings (SSSR count). The van der Waals surface area contributed by atoms with Crippen LogP contribution in [0.2, 0.25) is 0 Å². The van der Waals surface area contributed by atoms with Gasteiger partial charge in [0.25, 0.3) is 0 Å². The van der Waals surface area contributed by atoms with Crippen LogP contribution in [0.1, 0.15) is 71.6 Å². The van der Waals surface area contributed by atoms with Crippen molar-refractivity contribution in [3.05, 3.63) is 0 Å². The second-order valence-electron chi connectivity index (χ2n) is 9.96. The van der Waals surface area contributed by atoms with Gasteiger partial charge >= 0.3 is 6.18 Å². The average Bonchev–Trinajstić information content (AvgIpc) is 2.90. The molecule has 4 saturated carbocycles. The summed E-state index contributed by atoms with van der Waals surface area (Å²) in [6.07, 6.45) is 4.13. The van der Waals surface area contributed by atoms with E-state index in [4.69, 9.17) is 0 Å². The van der Waals surface area contributed by atoms with Crippen molar-refractivity contribution in [1.82, 2.24) is 0 Å². The van der Waals surface area contributed by atoms with E-state index in [9.17, 15) is 18.3 Å². The molecule has 144 valence electrons. The number of rotatable bonds is 1. The van der Waals surface area contributed by atoms with E-state index >= 15 is 0 Å². The topological polar surface area (TPSA) is 20.2 Å². The second-order valence-corrected chi connectivity index (χ2v) is 9.96. The molecule has 0 saturated heterocycles. The minimum atomic E-state index is -4.00. The van der Waals surface area contributed by atoms with Crippen molar-refractivity contribution in [2.24, 2.45) is 46.8 Å². The number of aliphatic hydroxyl groups is 1. The third-order valence-electron chi connectivity index (χ3n) is 9.07. The maximum atomic E-state index is 13.2. The highest BCUT2D eigenvalue weighted by atomic mass is 19.4. The molecule has 1 N–H and O–H groups in total. The van der Waals surface area contributed by atoms with Gasteiger partial charge in [-0.2, -0.15) is 13.2 Å². The van der Waals surface area contributed by atoms with Crippen molar-refractivity contribution in [2.75, 3.05) is 0 Å². The Morgan fingerprint density at radius 1 is 0.920 bits per heavy atom.